The van der Waals surface area contributed by atoms with Gasteiger partial charge in [-0.2, -0.15) is 0 Å². The summed E-state index contributed by atoms with van der Waals surface area (Å²) in [4.78, 5) is 24.9. The number of aromatic amines is 1. The lowest BCUT2D eigenvalue weighted by Crippen LogP contribution is -2.11. The highest BCUT2D eigenvalue weighted by Crippen LogP contribution is 2.34. The van der Waals surface area contributed by atoms with E-state index in [9.17, 15) is 4.79 Å². The van der Waals surface area contributed by atoms with Gasteiger partial charge < -0.3 is 16.0 Å². The van der Waals surface area contributed by atoms with Gasteiger partial charge in [0.1, 0.15) is 5.82 Å². The molecule has 0 spiro atoms. The minimum absolute atomic E-state index is 0.266. The minimum atomic E-state index is -0.470. The summed E-state index contributed by atoms with van der Waals surface area (Å²) in [6.07, 6.45) is 1.87. The Kier molecular flexibility index (Phi) is 5.23. The van der Waals surface area contributed by atoms with Gasteiger partial charge in [-0.25, -0.2) is 9.97 Å². The number of anilines is 1. The van der Waals surface area contributed by atoms with Crippen molar-refractivity contribution < 1.29 is 4.79 Å². The van der Waals surface area contributed by atoms with E-state index in [-0.39, 0.29) is 5.92 Å². The Bertz CT molecular complexity index is 1210. The van der Waals surface area contributed by atoms with E-state index in [2.05, 4.69) is 41.3 Å². The highest BCUT2D eigenvalue weighted by molar-refractivity contribution is 6.11. The largest absolute Gasteiger partial charge is 0.366 e. The lowest BCUT2D eigenvalue weighted by molar-refractivity contribution is 0.100. The monoisotopic (exact) mass is 399 g/mol. The van der Waals surface area contributed by atoms with Gasteiger partial charge in [0, 0.05) is 46.0 Å². The zero-order valence-corrected chi connectivity index (χ0v) is 17.4. The summed E-state index contributed by atoms with van der Waals surface area (Å²) in [6, 6.07) is 15.7. The first-order valence-electron chi connectivity index (χ1n) is 10.0. The lowest BCUT2D eigenvalue weighted by atomic mass is 10.0. The van der Waals surface area contributed by atoms with Crippen LogP contribution in [0.3, 0.4) is 0 Å². The third kappa shape index (κ3) is 3.64. The van der Waals surface area contributed by atoms with Crippen molar-refractivity contribution in [3.05, 3.63) is 77.1 Å². The summed E-state index contributed by atoms with van der Waals surface area (Å²) in [6.45, 7) is 6.86. The molecule has 0 unspecified atom stereocenters. The molecule has 6 nitrogen and oxygen atoms in total. The van der Waals surface area contributed by atoms with Gasteiger partial charge >= 0.3 is 0 Å². The standard InChI is InChI=1S/C24H25N5O/c1-14(2)18-13-27-24(29-23(18)26-12-16-8-5-4-6-9-16)20-15(3)28-19-11-7-10-17(21(19)20)22(25)30/h4-11,13-14,28H,12H2,1-3H3,(H2,25,30)(H,26,27,29). The second-order valence-electron chi connectivity index (χ2n) is 7.71. The number of rotatable bonds is 6. The predicted molar refractivity (Wildman–Crippen MR) is 120 cm³/mol. The molecule has 4 N–H and O–H groups in total. The number of carbonyl (C=O) groups is 1. The molecule has 0 atom stereocenters. The van der Waals surface area contributed by atoms with Crippen molar-refractivity contribution in [3.63, 3.8) is 0 Å². The van der Waals surface area contributed by atoms with Crippen LogP contribution in [0.25, 0.3) is 22.3 Å². The molecule has 0 aliphatic carbocycles. The summed E-state index contributed by atoms with van der Waals surface area (Å²) in [5, 5.41) is 4.22. The average Bonchev–Trinajstić information content (AvgIpc) is 3.08. The summed E-state index contributed by atoms with van der Waals surface area (Å²) < 4.78 is 0. The van der Waals surface area contributed by atoms with E-state index in [0.29, 0.717) is 17.9 Å². The zero-order chi connectivity index (χ0) is 21.3. The van der Waals surface area contributed by atoms with Crippen LogP contribution in [-0.2, 0) is 6.54 Å². The number of benzene rings is 2. The Morgan fingerprint density at radius 1 is 1.13 bits per heavy atom. The van der Waals surface area contributed by atoms with Gasteiger partial charge in [0.25, 0.3) is 0 Å². The molecule has 0 radical (unpaired) electrons. The second-order valence-corrected chi connectivity index (χ2v) is 7.71. The third-order valence-corrected chi connectivity index (χ3v) is 5.24. The number of nitrogens with one attached hydrogen (secondary N) is 2. The number of primary amides is 1. The van der Waals surface area contributed by atoms with E-state index >= 15 is 0 Å². The molecule has 2 aromatic heterocycles. The Morgan fingerprint density at radius 3 is 2.60 bits per heavy atom. The highest BCUT2D eigenvalue weighted by atomic mass is 16.1. The van der Waals surface area contributed by atoms with E-state index in [4.69, 9.17) is 10.7 Å². The summed E-state index contributed by atoms with van der Waals surface area (Å²) >= 11 is 0. The van der Waals surface area contributed by atoms with Crippen LogP contribution in [0, 0.1) is 6.92 Å². The Balaban J connectivity index is 1.82. The van der Waals surface area contributed by atoms with Crippen molar-refractivity contribution in [3.8, 4) is 11.4 Å². The first-order chi connectivity index (χ1) is 14.5. The van der Waals surface area contributed by atoms with Crippen molar-refractivity contribution in [2.45, 2.75) is 33.2 Å². The highest BCUT2D eigenvalue weighted by Gasteiger charge is 2.20. The van der Waals surface area contributed by atoms with Gasteiger partial charge in [0.2, 0.25) is 5.91 Å². The number of H-pyrrole nitrogens is 1. The maximum absolute atomic E-state index is 12.0. The van der Waals surface area contributed by atoms with E-state index in [1.807, 2.05) is 43.5 Å². The third-order valence-electron chi connectivity index (χ3n) is 5.24. The maximum atomic E-state index is 12.0. The summed E-state index contributed by atoms with van der Waals surface area (Å²) in [5.41, 5.74) is 10.9. The van der Waals surface area contributed by atoms with Crippen LogP contribution in [0.4, 0.5) is 5.82 Å². The Hall–Kier alpha value is -3.67. The van der Waals surface area contributed by atoms with Crippen LogP contribution >= 0.6 is 0 Å². The van der Waals surface area contributed by atoms with Crippen LogP contribution in [-0.4, -0.2) is 20.9 Å². The molecule has 0 bridgehead atoms. The number of carbonyl (C=O) groups excluding carboxylic acids is 1. The van der Waals surface area contributed by atoms with Crippen LogP contribution in [0.1, 0.15) is 46.9 Å². The van der Waals surface area contributed by atoms with Gasteiger partial charge in [0.05, 0.1) is 0 Å². The first-order valence-corrected chi connectivity index (χ1v) is 10.0. The van der Waals surface area contributed by atoms with E-state index in [0.717, 1.165) is 33.5 Å². The molecule has 0 fully saturated rings. The fourth-order valence-electron chi connectivity index (χ4n) is 3.72. The van der Waals surface area contributed by atoms with E-state index in [1.165, 1.54) is 5.56 Å². The normalized spacial score (nSPS) is 11.2. The van der Waals surface area contributed by atoms with Crippen LogP contribution in [0.15, 0.2) is 54.7 Å². The minimum Gasteiger partial charge on any atom is -0.366 e. The van der Waals surface area contributed by atoms with Gasteiger partial charge in [-0.05, 0) is 30.5 Å². The number of aryl methyl sites for hydroxylation is 1. The topological polar surface area (TPSA) is 96.7 Å². The molecule has 0 aliphatic rings. The number of nitrogens with zero attached hydrogens (tertiary/aromatic N) is 2. The molecule has 30 heavy (non-hydrogen) atoms. The van der Waals surface area contributed by atoms with Gasteiger partial charge in [-0.1, -0.05) is 50.2 Å². The van der Waals surface area contributed by atoms with Crippen LogP contribution < -0.4 is 11.1 Å². The summed E-state index contributed by atoms with van der Waals surface area (Å²) in [5.74, 6) is 1.15. The number of hydrogen-bond donors (Lipinski definition) is 3. The number of nitrogens with two attached hydrogens (primary N) is 1. The Morgan fingerprint density at radius 2 is 1.90 bits per heavy atom. The lowest BCUT2D eigenvalue weighted by Gasteiger charge is -2.15. The predicted octanol–water partition coefficient (Wildman–Crippen LogP) is 4.77. The fraction of sp³-hybridized carbons (Fsp3) is 0.208. The molecular weight excluding hydrogens is 374 g/mol. The van der Waals surface area contributed by atoms with Gasteiger partial charge in [-0.15, -0.1) is 0 Å². The quantitative estimate of drug-likeness (QED) is 0.435. The molecule has 4 aromatic rings. The molecule has 152 valence electrons. The van der Waals surface area contributed by atoms with Crippen LogP contribution in [0.5, 0.6) is 0 Å². The molecule has 2 aromatic carbocycles. The van der Waals surface area contributed by atoms with Crippen LogP contribution in [0.2, 0.25) is 0 Å². The van der Waals surface area contributed by atoms with E-state index < -0.39 is 5.91 Å². The summed E-state index contributed by atoms with van der Waals surface area (Å²) in [7, 11) is 0. The molecule has 1 amide bonds. The maximum Gasteiger partial charge on any atom is 0.249 e. The average molecular weight is 399 g/mol. The molecule has 6 heteroatoms. The number of aromatic nitrogens is 3. The molecule has 0 saturated carbocycles. The van der Waals surface area contributed by atoms with Crippen molar-refractivity contribution in [1.29, 1.82) is 0 Å². The molecule has 4 rings (SSSR count). The molecule has 2 heterocycles. The first kappa shape index (κ1) is 19.6. The number of hydrogen-bond acceptors (Lipinski definition) is 4. The molecule has 0 saturated heterocycles. The Labute approximate surface area is 175 Å². The molecular formula is C24H25N5O. The van der Waals surface area contributed by atoms with Gasteiger partial charge in [-0.3, -0.25) is 4.79 Å². The number of amides is 1. The number of fused-ring (bicyclic) bond motifs is 1. The van der Waals surface area contributed by atoms with Gasteiger partial charge in [0.15, 0.2) is 5.82 Å². The van der Waals surface area contributed by atoms with Crippen molar-refractivity contribution in [2.75, 3.05) is 5.32 Å². The smallest absolute Gasteiger partial charge is 0.249 e. The molecule has 0 aliphatic heterocycles. The van der Waals surface area contributed by atoms with E-state index in [1.54, 1.807) is 6.07 Å². The van der Waals surface area contributed by atoms with Crippen molar-refractivity contribution >= 4 is 22.6 Å². The SMILES string of the molecule is Cc1[nH]c2cccc(C(N)=O)c2c1-c1ncc(C(C)C)c(NCc2ccccc2)n1. The van der Waals surface area contributed by atoms with Crippen molar-refractivity contribution in [1.82, 2.24) is 15.0 Å². The second kappa shape index (κ2) is 7.99. The van der Waals surface area contributed by atoms with Crippen molar-refractivity contribution in [2.24, 2.45) is 5.73 Å². The fourth-order valence-corrected chi connectivity index (χ4v) is 3.72. The zero-order valence-electron chi connectivity index (χ0n) is 17.4.